The summed E-state index contributed by atoms with van der Waals surface area (Å²) in [5.41, 5.74) is -0.116. The Morgan fingerprint density at radius 3 is 2.82 bits per heavy atom. The Morgan fingerprint density at radius 1 is 1.59 bits per heavy atom. The number of ether oxygens (including phenoxy) is 1. The Hall–Kier alpha value is -1.62. The maximum Gasteiger partial charge on any atom is 0.254 e. The van der Waals surface area contributed by atoms with Crippen LogP contribution in [-0.2, 0) is 4.74 Å². The van der Waals surface area contributed by atoms with Gasteiger partial charge < -0.3 is 15.2 Å². The largest absolute Gasteiger partial charge is 0.508 e. The number of amides is 1. The molecule has 0 aliphatic carbocycles. The minimum atomic E-state index is -0.725. The molecule has 1 aliphatic heterocycles. The van der Waals surface area contributed by atoms with Crippen molar-refractivity contribution >= 4 is 5.91 Å². The zero-order valence-electron chi connectivity index (χ0n) is 9.50. The maximum absolute atomic E-state index is 13.4. The number of phenolic OH excluding ortho intramolecular Hbond substituents is 1. The first-order valence-corrected chi connectivity index (χ1v) is 5.35. The molecule has 0 aromatic heterocycles. The van der Waals surface area contributed by atoms with Gasteiger partial charge >= 0.3 is 0 Å². The number of carbonyl (C=O) groups excluding carboxylic acids is 1. The lowest BCUT2D eigenvalue weighted by atomic mass is 9.88. The predicted molar refractivity (Wildman–Crippen MR) is 59.3 cm³/mol. The molecular weight excluding hydrogens is 225 g/mol. The molecule has 1 aliphatic rings. The summed E-state index contributed by atoms with van der Waals surface area (Å²) in [6, 6.07) is 3.47. The monoisotopic (exact) mass is 239 g/mol. The zero-order chi connectivity index (χ0) is 12.5. The van der Waals surface area contributed by atoms with Crippen molar-refractivity contribution in [1.29, 1.82) is 0 Å². The highest BCUT2D eigenvalue weighted by molar-refractivity contribution is 5.94. The lowest BCUT2D eigenvalue weighted by Crippen LogP contribution is -2.48. The molecule has 0 unspecified atom stereocenters. The molecule has 4 nitrogen and oxygen atoms in total. The average Bonchev–Trinajstić information content (AvgIpc) is 2.23. The quantitative estimate of drug-likeness (QED) is 0.835. The van der Waals surface area contributed by atoms with Crippen molar-refractivity contribution in [2.24, 2.45) is 5.41 Å². The number of nitrogens with one attached hydrogen (secondary N) is 1. The van der Waals surface area contributed by atoms with E-state index in [1.807, 2.05) is 6.92 Å². The summed E-state index contributed by atoms with van der Waals surface area (Å²) < 4.78 is 18.4. The van der Waals surface area contributed by atoms with Gasteiger partial charge in [0.1, 0.15) is 11.6 Å². The molecule has 1 aromatic carbocycles. The highest BCUT2D eigenvalue weighted by Crippen LogP contribution is 2.25. The molecule has 1 saturated heterocycles. The third kappa shape index (κ3) is 2.55. The molecule has 0 spiro atoms. The molecule has 17 heavy (non-hydrogen) atoms. The van der Waals surface area contributed by atoms with E-state index in [0.29, 0.717) is 19.8 Å². The first-order chi connectivity index (χ1) is 8.00. The standard InChI is InChI=1S/C12H14FNO3/c1-12(6-17-7-12)5-14-11(16)9-3-2-8(15)4-10(9)13/h2-4,15H,5-7H2,1H3,(H,14,16). The van der Waals surface area contributed by atoms with Crippen LogP contribution < -0.4 is 5.32 Å². The van der Waals surface area contributed by atoms with Gasteiger partial charge in [0, 0.05) is 18.0 Å². The van der Waals surface area contributed by atoms with Crippen LogP contribution in [0, 0.1) is 11.2 Å². The lowest BCUT2D eigenvalue weighted by Gasteiger charge is -2.38. The van der Waals surface area contributed by atoms with Crippen molar-refractivity contribution in [1.82, 2.24) is 5.32 Å². The highest BCUT2D eigenvalue weighted by atomic mass is 19.1. The molecule has 92 valence electrons. The number of hydrogen-bond donors (Lipinski definition) is 2. The molecule has 0 bridgehead atoms. The summed E-state index contributed by atoms with van der Waals surface area (Å²) in [6.07, 6.45) is 0. The molecule has 1 fully saturated rings. The zero-order valence-corrected chi connectivity index (χ0v) is 9.50. The molecular formula is C12H14FNO3. The minimum absolute atomic E-state index is 0.0525. The van der Waals surface area contributed by atoms with E-state index in [1.165, 1.54) is 12.1 Å². The van der Waals surface area contributed by atoms with Crippen molar-refractivity contribution in [2.45, 2.75) is 6.92 Å². The minimum Gasteiger partial charge on any atom is -0.508 e. The van der Waals surface area contributed by atoms with E-state index in [4.69, 9.17) is 9.84 Å². The maximum atomic E-state index is 13.4. The lowest BCUT2D eigenvalue weighted by molar-refractivity contribution is -0.0978. The Labute approximate surface area is 98.4 Å². The number of hydrogen-bond acceptors (Lipinski definition) is 3. The van der Waals surface area contributed by atoms with E-state index in [9.17, 15) is 9.18 Å². The van der Waals surface area contributed by atoms with E-state index in [2.05, 4.69) is 5.32 Å². The van der Waals surface area contributed by atoms with Crippen LogP contribution in [-0.4, -0.2) is 30.8 Å². The van der Waals surface area contributed by atoms with Gasteiger partial charge in [-0.3, -0.25) is 4.79 Å². The summed E-state index contributed by atoms with van der Waals surface area (Å²) in [4.78, 5) is 11.7. The fourth-order valence-corrected chi connectivity index (χ4v) is 1.63. The molecule has 0 atom stereocenters. The molecule has 1 heterocycles. The van der Waals surface area contributed by atoms with Crippen LogP contribution in [0.4, 0.5) is 4.39 Å². The van der Waals surface area contributed by atoms with E-state index in [-0.39, 0.29) is 16.7 Å². The average molecular weight is 239 g/mol. The summed E-state index contributed by atoms with van der Waals surface area (Å²) in [6.45, 7) is 3.65. The van der Waals surface area contributed by atoms with E-state index in [0.717, 1.165) is 6.07 Å². The Morgan fingerprint density at radius 2 is 2.29 bits per heavy atom. The molecule has 2 rings (SSSR count). The van der Waals surface area contributed by atoms with Crippen molar-refractivity contribution < 1.29 is 19.0 Å². The van der Waals surface area contributed by atoms with Gasteiger partial charge in [-0.2, -0.15) is 0 Å². The third-order valence-electron chi connectivity index (χ3n) is 2.77. The Bertz CT molecular complexity index is 443. The Kier molecular flexibility index (Phi) is 3.02. The van der Waals surface area contributed by atoms with Gasteiger partial charge in [-0.15, -0.1) is 0 Å². The predicted octanol–water partition coefficient (Wildman–Crippen LogP) is 1.30. The van der Waals surface area contributed by atoms with Gasteiger partial charge in [-0.1, -0.05) is 6.92 Å². The topological polar surface area (TPSA) is 58.6 Å². The van der Waals surface area contributed by atoms with Gasteiger partial charge in [0.2, 0.25) is 0 Å². The molecule has 5 heteroatoms. The summed E-state index contributed by atoms with van der Waals surface area (Å²) >= 11 is 0. The number of benzene rings is 1. The molecule has 1 aromatic rings. The molecule has 0 saturated carbocycles. The number of halogens is 1. The first kappa shape index (κ1) is 11.9. The van der Waals surface area contributed by atoms with Crippen LogP contribution in [0.15, 0.2) is 18.2 Å². The van der Waals surface area contributed by atoms with E-state index in [1.54, 1.807) is 0 Å². The van der Waals surface area contributed by atoms with Gasteiger partial charge in [-0.05, 0) is 12.1 Å². The number of rotatable bonds is 3. The molecule has 1 amide bonds. The van der Waals surface area contributed by atoms with Crippen LogP contribution >= 0.6 is 0 Å². The van der Waals surface area contributed by atoms with Crippen LogP contribution in [0.3, 0.4) is 0 Å². The summed E-state index contributed by atoms with van der Waals surface area (Å²) in [5, 5.41) is 11.7. The van der Waals surface area contributed by atoms with Gasteiger partial charge in [0.15, 0.2) is 0 Å². The van der Waals surface area contributed by atoms with Crippen molar-refractivity contribution in [2.75, 3.05) is 19.8 Å². The van der Waals surface area contributed by atoms with Crippen LogP contribution in [0.5, 0.6) is 5.75 Å². The van der Waals surface area contributed by atoms with Gasteiger partial charge in [-0.25, -0.2) is 4.39 Å². The van der Waals surface area contributed by atoms with Crippen LogP contribution in [0.2, 0.25) is 0 Å². The molecule has 0 radical (unpaired) electrons. The van der Waals surface area contributed by atoms with Crippen LogP contribution in [0.25, 0.3) is 0 Å². The number of aromatic hydroxyl groups is 1. The third-order valence-corrected chi connectivity index (χ3v) is 2.77. The Balaban J connectivity index is 1.99. The normalized spacial score (nSPS) is 17.3. The van der Waals surface area contributed by atoms with E-state index >= 15 is 0 Å². The summed E-state index contributed by atoms with van der Waals surface area (Å²) in [5.74, 6) is -1.40. The number of phenols is 1. The summed E-state index contributed by atoms with van der Waals surface area (Å²) in [7, 11) is 0. The second kappa shape index (κ2) is 4.33. The van der Waals surface area contributed by atoms with Crippen LogP contribution in [0.1, 0.15) is 17.3 Å². The smallest absolute Gasteiger partial charge is 0.254 e. The fraction of sp³-hybridized carbons (Fsp3) is 0.417. The first-order valence-electron chi connectivity index (χ1n) is 5.35. The van der Waals surface area contributed by atoms with Gasteiger partial charge in [0.05, 0.1) is 18.8 Å². The second-order valence-electron chi connectivity index (χ2n) is 4.65. The van der Waals surface area contributed by atoms with Crippen molar-refractivity contribution in [3.63, 3.8) is 0 Å². The highest BCUT2D eigenvalue weighted by Gasteiger charge is 2.33. The second-order valence-corrected chi connectivity index (χ2v) is 4.65. The van der Waals surface area contributed by atoms with Gasteiger partial charge in [0.25, 0.3) is 5.91 Å². The SMILES string of the molecule is CC1(CNC(=O)c2ccc(O)cc2F)COC1. The fourth-order valence-electron chi connectivity index (χ4n) is 1.63. The van der Waals surface area contributed by atoms with Crippen molar-refractivity contribution in [3.8, 4) is 5.75 Å². The molecule has 2 N–H and O–H groups in total. The van der Waals surface area contributed by atoms with Crippen molar-refractivity contribution in [3.05, 3.63) is 29.6 Å². The van der Waals surface area contributed by atoms with E-state index < -0.39 is 11.7 Å². The number of carbonyl (C=O) groups is 1.